The Morgan fingerprint density at radius 1 is 1.40 bits per heavy atom. The normalized spacial score (nSPS) is 10.1. The smallest absolute Gasteiger partial charge is 0.252 e. The third kappa shape index (κ3) is 1.92. The highest BCUT2D eigenvalue weighted by molar-refractivity contribution is 9.10. The van der Waals surface area contributed by atoms with Crippen LogP contribution in [-0.4, -0.2) is 4.98 Å². The second-order valence-corrected chi connectivity index (χ2v) is 4.11. The van der Waals surface area contributed by atoms with Gasteiger partial charge in [-0.25, -0.2) is 0 Å². The summed E-state index contributed by atoms with van der Waals surface area (Å²) in [7, 11) is 0. The number of fused-ring (bicyclic) bond motifs is 1. The Labute approximate surface area is 94.5 Å². The molecule has 4 heteroatoms. The summed E-state index contributed by atoms with van der Waals surface area (Å²) in [4.78, 5) is 14.3. The molecular weight excluding hydrogens is 256 g/mol. The van der Waals surface area contributed by atoms with E-state index in [1.54, 1.807) is 6.07 Å². The number of aromatic nitrogens is 1. The summed E-state index contributed by atoms with van der Waals surface area (Å²) in [6.07, 6.45) is 0.140. The molecule has 0 fully saturated rings. The predicted molar refractivity (Wildman–Crippen MR) is 61.6 cm³/mol. The lowest BCUT2D eigenvalue weighted by atomic mass is 10.1. The van der Waals surface area contributed by atoms with Gasteiger partial charge in [-0.3, -0.25) is 4.79 Å². The van der Waals surface area contributed by atoms with E-state index in [2.05, 4.69) is 20.9 Å². The van der Waals surface area contributed by atoms with Crippen molar-refractivity contribution in [2.75, 3.05) is 0 Å². The van der Waals surface area contributed by atoms with E-state index in [-0.39, 0.29) is 12.0 Å². The van der Waals surface area contributed by atoms with E-state index >= 15 is 0 Å². The van der Waals surface area contributed by atoms with Gasteiger partial charge < -0.3 is 4.98 Å². The third-order valence-electron chi connectivity index (χ3n) is 2.15. The van der Waals surface area contributed by atoms with Gasteiger partial charge in [0, 0.05) is 15.6 Å². The lowest BCUT2D eigenvalue weighted by molar-refractivity contribution is 1.16. The Balaban J connectivity index is 2.72. The van der Waals surface area contributed by atoms with E-state index in [1.807, 2.05) is 24.3 Å². The molecule has 3 nitrogen and oxygen atoms in total. The van der Waals surface area contributed by atoms with E-state index in [1.165, 1.54) is 0 Å². The maximum absolute atomic E-state index is 11.5. The van der Waals surface area contributed by atoms with Gasteiger partial charge in [0.2, 0.25) is 0 Å². The van der Waals surface area contributed by atoms with Crippen LogP contribution in [0.4, 0.5) is 0 Å². The third-order valence-corrected chi connectivity index (χ3v) is 2.65. The maximum Gasteiger partial charge on any atom is 0.252 e. The van der Waals surface area contributed by atoms with Gasteiger partial charge in [-0.15, -0.1) is 0 Å². The largest absolute Gasteiger partial charge is 0.322 e. The minimum Gasteiger partial charge on any atom is -0.322 e. The fraction of sp³-hybridized carbons (Fsp3) is 0.0909. The Hall–Kier alpha value is -1.60. The first-order valence-electron chi connectivity index (χ1n) is 4.39. The molecule has 15 heavy (non-hydrogen) atoms. The van der Waals surface area contributed by atoms with Crippen LogP contribution in [0.25, 0.3) is 10.9 Å². The minimum absolute atomic E-state index is 0.140. The summed E-state index contributed by atoms with van der Waals surface area (Å²) in [5, 5.41) is 9.48. The molecule has 0 unspecified atom stereocenters. The number of rotatable bonds is 1. The van der Waals surface area contributed by atoms with E-state index in [0.29, 0.717) is 5.56 Å². The predicted octanol–water partition coefficient (Wildman–Crippen LogP) is 2.36. The molecule has 0 atom stereocenters. The number of aromatic amines is 1. The number of hydrogen-bond acceptors (Lipinski definition) is 2. The van der Waals surface area contributed by atoms with Crippen molar-refractivity contribution in [1.82, 2.24) is 4.98 Å². The summed E-state index contributed by atoms with van der Waals surface area (Å²) in [6.45, 7) is 0. The Kier molecular flexibility index (Phi) is 2.57. The zero-order valence-corrected chi connectivity index (χ0v) is 9.34. The number of nitriles is 1. The minimum atomic E-state index is -0.192. The van der Waals surface area contributed by atoms with Crippen LogP contribution < -0.4 is 5.56 Å². The fourth-order valence-electron chi connectivity index (χ4n) is 1.43. The molecule has 0 bridgehead atoms. The van der Waals surface area contributed by atoms with Crippen molar-refractivity contribution in [2.24, 2.45) is 0 Å². The van der Waals surface area contributed by atoms with Crippen LogP contribution in [-0.2, 0) is 6.42 Å². The highest BCUT2D eigenvalue weighted by atomic mass is 79.9. The number of nitrogens with one attached hydrogen (secondary N) is 1. The zero-order valence-electron chi connectivity index (χ0n) is 7.75. The lowest BCUT2D eigenvalue weighted by Gasteiger charge is -2.00. The van der Waals surface area contributed by atoms with Gasteiger partial charge in [-0.2, -0.15) is 5.26 Å². The molecule has 1 aromatic heterocycles. The first-order valence-corrected chi connectivity index (χ1v) is 5.18. The molecule has 74 valence electrons. The molecule has 0 saturated heterocycles. The number of nitrogens with zero attached hydrogens (tertiary/aromatic N) is 1. The van der Waals surface area contributed by atoms with Crippen LogP contribution in [0.1, 0.15) is 5.56 Å². The van der Waals surface area contributed by atoms with Crippen molar-refractivity contribution in [3.8, 4) is 6.07 Å². The number of halogens is 1. The molecular formula is C11H7BrN2O. The summed E-state index contributed by atoms with van der Waals surface area (Å²) in [6, 6.07) is 9.36. The second-order valence-electron chi connectivity index (χ2n) is 3.19. The van der Waals surface area contributed by atoms with Gasteiger partial charge in [0.25, 0.3) is 5.56 Å². The van der Waals surface area contributed by atoms with E-state index in [0.717, 1.165) is 15.4 Å². The molecule has 2 aromatic rings. The highest BCUT2D eigenvalue weighted by Gasteiger charge is 2.02. The summed E-state index contributed by atoms with van der Waals surface area (Å²) >= 11 is 3.33. The van der Waals surface area contributed by atoms with Crippen molar-refractivity contribution in [2.45, 2.75) is 6.42 Å². The number of H-pyrrole nitrogens is 1. The highest BCUT2D eigenvalue weighted by Crippen LogP contribution is 2.17. The van der Waals surface area contributed by atoms with Crippen molar-refractivity contribution in [3.05, 3.63) is 44.7 Å². The van der Waals surface area contributed by atoms with Crippen molar-refractivity contribution >= 4 is 26.8 Å². The van der Waals surface area contributed by atoms with Gasteiger partial charge in [0.15, 0.2) is 0 Å². The van der Waals surface area contributed by atoms with Crippen LogP contribution in [0, 0.1) is 11.3 Å². The van der Waals surface area contributed by atoms with Crippen LogP contribution >= 0.6 is 15.9 Å². The van der Waals surface area contributed by atoms with E-state index in [9.17, 15) is 4.79 Å². The molecule has 0 saturated carbocycles. The quantitative estimate of drug-likeness (QED) is 0.858. The molecule has 0 amide bonds. The monoisotopic (exact) mass is 262 g/mol. The van der Waals surface area contributed by atoms with Crippen LogP contribution in [0.5, 0.6) is 0 Å². The lowest BCUT2D eigenvalue weighted by Crippen LogP contribution is -2.11. The zero-order chi connectivity index (χ0) is 10.8. The van der Waals surface area contributed by atoms with E-state index < -0.39 is 0 Å². The van der Waals surface area contributed by atoms with Gasteiger partial charge in [0.05, 0.1) is 12.5 Å². The Bertz CT molecular complexity index is 610. The maximum atomic E-state index is 11.5. The van der Waals surface area contributed by atoms with Crippen LogP contribution in [0.3, 0.4) is 0 Å². The Morgan fingerprint density at radius 3 is 2.93 bits per heavy atom. The molecule has 1 aromatic carbocycles. The molecule has 1 N–H and O–H groups in total. The molecule has 0 spiro atoms. The standard InChI is InChI=1S/C11H7BrN2O/c12-9-2-1-7-5-8(3-4-13)11(15)14-10(7)6-9/h1-2,5-6H,3H2,(H,14,15). The van der Waals surface area contributed by atoms with Crippen molar-refractivity contribution in [1.29, 1.82) is 5.26 Å². The Morgan fingerprint density at radius 2 is 2.20 bits per heavy atom. The summed E-state index contributed by atoms with van der Waals surface area (Å²) < 4.78 is 0.915. The van der Waals surface area contributed by atoms with Crippen molar-refractivity contribution < 1.29 is 0 Å². The van der Waals surface area contributed by atoms with Gasteiger partial charge in [-0.05, 0) is 23.6 Å². The average molecular weight is 263 g/mol. The van der Waals surface area contributed by atoms with Crippen molar-refractivity contribution in [3.63, 3.8) is 0 Å². The molecule has 0 aliphatic rings. The van der Waals surface area contributed by atoms with Gasteiger partial charge in [0.1, 0.15) is 0 Å². The number of pyridine rings is 1. The fourth-order valence-corrected chi connectivity index (χ4v) is 1.80. The summed E-state index contributed by atoms with van der Waals surface area (Å²) in [5.74, 6) is 0. The molecule has 1 heterocycles. The SMILES string of the molecule is N#CCc1cc2ccc(Br)cc2[nH]c1=O. The second kappa shape index (κ2) is 3.87. The topological polar surface area (TPSA) is 56.6 Å². The average Bonchev–Trinajstić information content (AvgIpc) is 2.20. The number of hydrogen-bond donors (Lipinski definition) is 1. The molecule has 0 radical (unpaired) electrons. The van der Waals surface area contributed by atoms with Gasteiger partial charge in [-0.1, -0.05) is 22.0 Å². The van der Waals surface area contributed by atoms with Gasteiger partial charge >= 0.3 is 0 Å². The van der Waals surface area contributed by atoms with E-state index in [4.69, 9.17) is 5.26 Å². The summed E-state index contributed by atoms with van der Waals surface area (Å²) in [5.41, 5.74) is 1.09. The first kappa shape index (κ1) is 9.94. The number of benzene rings is 1. The first-order chi connectivity index (χ1) is 7.20. The molecule has 2 rings (SSSR count). The molecule has 0 aliphatic carbocycles. The van der Waals surface area contributed by atoms with Crippen LogP contribution in [0.15, 0.2) is 33.5 Å². The van der Waals surface area contributed by atoms with Crippen LogP contribution in [0.2, 0.25) is 0 Å². The molecule has 0 aliphatic heterocycles.